The molecule has 112 valence electrons. The Balaban J connectivity index is 1.80. The Morgan fingerprint density at radius 2 is 2.14 bits per heavy atom. The van der Waals surface area contributed by atoms with Crippen LogP contribution >= 0.6 is 0 Å². The number of carbonyl (C=O) groups excluding carboxylic acids is 1. The molecule has 0 atom stereocenters. The van der Waals surface area contributed by atoms with E-state index in [0.29, 0.717) is 12.8 Å². The number of carboxylic acid groups (broad SMARTS) is 1. The van der Waals surface area contributed by atoms with Gasteiger partial charge in [-0.15, -0.1) is 0 Å². The summed E-state index contributed by atoms with van der Waals surface area (Å²) in [4.78, 5) is 32.5. The Hall–Kier alpha value is -2.64. The van der Waals surface area contributed by atoms with Crippen molar-refractivity contribution in [3.63, 3.8) is 0 Å². The summed E-state index contributed by atoms with van der Waals surface area (Å²) >= 11 is 0. The van der Waals surface area contributed by atoms with Gasteiger partial charge in [-0.25, -0.2) is 0 Å². The van der Waals surface area contributed by atoms with E-state index < -0.39 is 22.2 Å². The minimum absolute atomic E-state index is 0.0689. The highest BCUT2D eigenvalue weighted by Gasteiger charge is 2.50. The largest absolute Gasteiger partial charge is 0.484 e. The number of nitrogens with zero attached hydrogens (tertiary/aromatic N) is 1. The molecule has 0 heterocycles. The summed E-state index contributed by atoms with van der Waals surface area (Å²) in [5.41, 5.74) is -0.961. The lowest BCUT2D eigenvalue weighted by Crippen LogP contribution is -2.36. The molecule has 8 heteroatoms. The normalized spacial score (nSPS) is 15.0. The summed E-state index contributed by atoms with van der Waals surface area (Å²) in [6.45, 7) is -0.254. The van der Waals surface area contributed by atoms with E-state index in [1.54, 1.807) is 0 Å². The maximum atomic E-state index is 11.6. The molecule has 1 fully saturated rings. The standard InChI is InChI=1S/C13H14N2O6/c16-11(14-8-13(4-5-13)12(17)18)7-21-10-3-1-2-9(6-10)15(19)20/h1-3,6H,4-5,7-8H2,(H,14,16)(H,17,18). The van der Waals surface area contributed by atoms with Gasteiger partial charge in [-0.3, -0.25) is 19.7 Å². The van der Waals surface area contributed by atoms with Gasteiger partial charge in [-0.05, 0) is 18.9 Å². The average molecular weight is 294 g/mol. The van der Waals surface area contributed by atoms with E-state index in [2.05, 4.69) is 5.32 Å². The van der Waals surface area contributed by atoms with Crippen LogP contribution in [0.1, 0.15) is 12.8 Å². The van der Waals surface area contributed by atoms with Gasteiger partial charge in [-0.1, -0.05) is 6.07 Å². The van der Waals surface area contributed by atoms with E-state index in [-0.39, 0.29) is 24.6 Å². The summed E-state index contributed by atoms with van der Waals surface area (Å²) in [5.74, 6) is -1.17. The molecule has 2 rings (SSSR count). The number of rotatable bonds is 7. The molecule has 1 aliphatic carbocycles. The van der Waals surface area contributed by atoms with Gasteiger partial charge in [0.25, 0.3) is 11.6 Å². The Bertz CT molecular complexity index is 582. The summed E-state index contributed by atoms with van der Waals surface area (Å²) in [7, 11) is 0. The van der Waals surface area contributed by atoms with Crippen LogP contribution in [-0.4, -0.2) is 35.1 Å². The van der Waals surface area contributed by atoms with Crippen molar-refractivity contribution in [2.45, 2.75) is 12.8 Å². The van der Waals surface area contributed by atoms with Crippen LogP contribution < -0.4 is 10.1 Å². The summed E-state index contributed by atoms with van der Waals surface area (Å²) in [6, 6.07) is 5.48. The second-order valence-corrected chi connectivity index (χ2v) is 4.91. The van der Waals surface area contributed by atoms with Gasteiger partial charge in [0.05, 0.1) is 16.4 Å². The van der Waals surface area contributed by atoms with Crippen LogP contribution in [0.5, 0.6) is 5.75 Å². The number of non-ortho nitro benzene ring substituents is 1. The van der Waals surface area contributed by atoms with Gasteiger partial charge in [0.15, 0.2) is 6.61 Å². The van der Waals surface area contributed by atoms with E-state index in [1.165, 1.54) is 24.3 Å². The molecule has 21 heavy (non-hydrogen) atoms. The van der Waals surface area contributed by atoms with Crippen molar-refractivity contribution >= 4 is 17.6 Å². The maximum Gasteiger partial charge on any atom is 0.311 e. The van der Waals surface area contributed by atoms with Crippen molar-refractivity contribution in [1.29, 1.82) is 0 Å². The van der Waals surface area contributed by atoms with Crippen LogP contribution in [0.3, 0.4) is 0 Å². The topological polar surface area (TPSA) is 119 Å². The van der Waals surface area contributed by atoms with Gasteiger partial charge in [-0.2, -0.15) is 0 Å². The predicted octanol–water partition coefficient (Wildman–Crippen LogP) is 0.955. The highest BCUT2D eigenvalue weighted by atomic mass is 16.6. The van der Waals surface area contributed by atoms with Crippen molar-refractivity contribution in [3.8, 4) is 5.75 Å². The number of ether oxygens (including phenoxy) is 1. The second kappa shape index (κ2) is 5.78. The first-order valence-electron chi connectivity index (χ1n) is 6.30. The van der Waals surface area contributed by atoms with E-state index >= 15 is 0 Å². The molecule has 1 saturated carbocycles. The van der Waals surface area contributed by atoms with Crippen molar-refractivity contribution in [1.82, 2.24) is 5.32 Å². The van der Waals surface area contributed by atoms with E-state index in [9.17, 15) is 19.7 Å². The molecule has 0 bridgehead atoms. The number of hydrogen-bond donors (Lipinski definition) is 2. The third-order valence-corrected chi connectivity index (χ3v) is 3.33. The summed E-state index contributed by atoms with van der Waals surface area (Å²) < 4.78 is 5.14. The van der Waals surface area contributed by atoms with Crippen LogP contribution in [0.2, 0.25) is 0 Å². The zero-order chi connectivity index (χ0) is 15.5. The number of carbonyl (C=O) groups is 2. The smallest absolute Gasteiger partial charge is 0.311 e. The molecule has 0 spiro atoms. The van der Waals surface area contributed by atoms with E-state index in [1.807, 2.05) is 0 Å². The predicted molar refractivity (Wildman–Crippen MR) is 70.9 cm³/mol. The highest BCUT2D eigenvalue weighted by molar-refractivity contribution is 5.81. The third kappa shape index (κ3) is 3.68. The Morgan fingerprint density at radius 3 is 2.71 bits per heavy atom. The van der Waals surface area contributed by atoms with Gasteiger partial charge < -0.3 is 15.2 Å². The minimum atomic E-state index is -0.914. The van der Waals surface area contributed by atoms with Crippen LogP contribution in [0.4, 0.5) is 5.69 Å². The monoisotopic (exact) mass is 294 g/mol. The molecule has 0 unspecified atom stereocenters. The first kappa shape index (κ1) is 14.8. The molecule has 1 aromatic rings. The molecule has 0 saturated heterocycles. The summed E-state index contributed by atoms with van der Waals surface area (Å²) in [6.07, 6.45) is 1.10. The van der Waals surface area contributed by atoms with Crippen molar-refractivity contribution in [2.75, 3.05) is 13.2 Å². The number of hydrogen-bond acceptors (Lipinski definition) is 5. The van der Waals surface area contributed by atoms with Gasteiger partial charge in [0.2, 0.25) is 0 Å². The molecular formula is C13H14N2O6. The van der Waals surface area contributed by atoms with Crippen LogP contribution in [-0.2, 0) is 9.59 Å². The van der Waals surface area contributed by atoms with E-state index in [0.717, 1.165) is 0 Å². The van der Waals surface area contributed by atoms with Crippen molar-refractivity contribution in [3.05, 3.63) is 34.4 Å². The minimum Gasteiger partial charge on any atom is -0.484 e. The number of benzene rings is 1. The lowest BCUT2D eigenvalue weighted by atomic mass is 10.1. The van der Waals surface area contributed by atoms with Crippen LogP contribution in [0, 0.1) is 15.5 Å². The highest BCUT2D eigenvalue weighted by Crippen LogP contribution is 2.45. The number of carboxylic acids is 1. The van der Waals surface area contributed by atoms with Crippen molar-refractivity contribution < 1.29 is 24.4 Å². The van der Waals surface area contributed by atoms with Crippen molar-refractivity contribution in [2.24, 2.45) is 5.41 Å². The molecule has 8 nitrogen and oxygen atoms in total. The molecule has 0 radical (unpaired) electrons. The molecule has 2 N–H and O–H groups in total. The number of nitro benzene ring substituents is 1. The fraction of sp³-hybridized carbons (Fsp3) is 0.385. The molecule has 0 aromatic heterocycles. The van der Waals surface area contributed by atoms with Gasteiger partial charge in [0, 0.05) is 12.6 Å². The maximum absolute atomic E-state index is 11.6. The Kier molecular flexibility index (Phi) is 4.06. The number of aliphatic carboxylic acids is 1. The molecule has 1 amide bonds. The van der Waals surface area contributed by atoms with Gasteiger partial charge in [0.1, 0.15) is 5.75 Å². The zero-order valence-corrected chi connectivity index (χ0v) is 11.1. The van der Waals surface area contributed by atoms with Crippen LogP contribution in [0.15, 0.2) is 24.3 Å². The number of nitrogens with one attached hydrogen (secondary N) is 1. The molecular weight excluding hydrogens is 280 g/mol. The summed E-state index contributed by atoms with van der Waals surface area (Å²) in [5, 5.41) is 22.0. The first-order chi connectivity index (χ1) is 9.93. The fourth-order valence-corrected chi connectivity index (χ4v) is 1.77. The quantitative estimate of drug-likeness (QED) is 0.571. The lowest BCUT2D eigenvalue weighted by molar-refractivity contribution is -0.384. The first-order valence-corrected chi connectivity index (χ1v) is 6.30. The molecule has 0 aliphatic heterocycles. The zero-order valence-electron chi connectivity index (χ0n) is 11.1. The van der Waals surface area contributed by atoms with E-state index in [4.69, 9.17) is 9.84 Å². The average Bonchev–Trinajstić information content (AvgIpc) is 3.24. The molecule has 1 aliphatic rings. The molecule has 1 aromatic carbocycles. The number of amides is 1. The Labute approximate surface area is 119 Å². The number of nitro groups is 1. The fourth-order valence-electron chi connectivity index (χ4n) is 1.77. The Morgan fingerprint density at radius 1 is 1.43 bits per heavy atom. The third-order valence-electron chi connectivity index (χ3n) is 3.33. The second-order valence-electron chi connectivity index (χ2n) is 4.91. The van der Waals surface area contributed by atoms with Crippen LogP contribution in [0.25, 0.3) is 0 Å². The van der Waals surface area contributed by atoms with Gasteiger partial charge >= 0.3 is 5.97 Å². The lowest BCUT2D eigenvalue weighted by Gasteiger charge is -2.11. The SMILES string of the molecule is O=C(COc1cccc([N+](=O)[O-])c1)NCC1(C(=O)O)CC1.